The van der Waals surface area contributed by atoms with Crippen LogP contribution in [0.4, 0.5) is 13.2 Å². The Kier molecular flexibility index (Phi) is 4.95. The number of benzene rings is 1. The summed E-state index contributed by atoms with van der Waals surface area (Å²) in [4.78, 5) is 11.7. The van der Waals surface area contributed by atoms with Gasteiger partial charge in [-0.2, -0.15) is 13.2 Å². The van der Waals surface area contributed by atoms with E-state index in [1.54, 1.807) is 13.0 Å². The van der Waals surface area contributed by atoms with Gasteiger partial charge in [-0.25, -0.2) is 8.42 Å². The maximum absolute atomic E-state index is 12.9. The standard InChI is InChI=1S/C18H22F3NO4S/c1-17-7-3-2-4-8-27(25,26)14(15(17)22-16(24)18(19,20)21)9-11-5-6-12(23)10-13(11)17/h5-6,10,14-15,23H,2-4,7-9H2,1H3,(H,22,24). The molecule has 2 N–H and O–H groups in total. The molecule has 0 aromatic heterocycles. The molecular weight excluding hydrogens is 383 g/mol. The number of aromatic hydroxyl groups is 1. The first kappa shape index (κ1) is 20.0. The molecule has 1 aromatic carbocycles. The highest BCUT2D eigenvalue weighted by Gasteiger charge is 2.53. The molecule has 5 nitrogen and oxygen atoms in total. The summed E-state index contributed by atoms with van der Waals surface area (Å²) in [6.45, 7) is 1.68. The molecule has 3 rings (SSSR count). The molecule has 2 aliphatic rings. The minimum Gasteiger partial charge on any atom is -0.508 e. The monoisotopic (exact) mass is 405 g/mol. The summed E-state index contributed by atoms with van der Waals surface area (Å²) in [7, 11) is -3.71. The summed E-state index contributed by atoms with van der Waals surface area (Å²) in [5, 5.41) is 10.7. The Hall–Kier alpha value is -1.77. The van der Waals surface area contributed by atoms with Gasteiger partial charge in [0, 0.05) is 5.41 Å². The van der Waals surface area contributed by atoms with Gasteiger partial charge in [0.05, 0.1) is 17.0 Å². The van der Waals surface area contributed by atoms with Gasteiger partial charge in [0.25, 0.3) is 0 Å². The minimum atomic E-state index is -5.10. The topological polar surface area (TPSA) is 83.5 Å². The van der Waals surface area contributed by atoms with E-state index in [4.69, 9.17) is 0 Å². The maximum Gasteiger partial charge on any atom is 0.471 e. The number of phenolic OH excluding ortho intramolecular Hbond substituents is 1. The van der Waals surface area contributed by atoms with Gasteiger partial charge in [0.1, 0.15) is 5.75 Å². The van der Waals surface area contributed by atoms with Crippen LogP contribution in [0.5, 0.6) is 5.75 Å². The van der Waals surface area contributed by atoms with Crippen molar-refractivity contribution in [3.05, 3.63) is 29.3 Å². The van der Waals surface area contributed by atoms with Crippen molar-refractivity contribution in [1.29, 1.82) is 0 Å². The van der Waals surface area contributed by atoms with E-state index in [0.717, 1.165) is 0 Å². The zero-order valence-electron chi connectivity index (χ0n) is 14.8. The molecule has 0 spiro atoms. The van der Waals surface area contributed by atoms with E-state index in [-0.39, 0.29) is 17.9 Å². The lowest BCUT2D eigenvalue weighted by molar-refractivity contribution is -0.175. The lowest BCUT2D eigenvalue weighted by Crippen LogP contribution is -2.62. The van der Waals surface area contributed by atoms with Gasteiger partial charge in [0.15, 0.2) is 9.84 Å². The Morgan fingerprint density at radius 1 is 1.26 bits per heavy atom. The van der Waals surface area contributed by atoms with Crippen LogP contribution in [0.2, 0.25) is 0 Å². The molecule has 150 valence electrons. The second-order valence-corrected chi connectivity index (χ2v) is 9.97. The Labute approximate surface area is 155 Å². The number of carbonyl (C=O) groups is 1. The number of hydrogen-bond acceptors (Lipinski definition) is 4. The van der Waals surface area contributed by atoms with Crippen LogP contribution >= 0.6 is 0 Å². The van der Waals surface area contributed by atoms with Gasteiger partial charge in [0.2, 0.25) is 0 Å². The molecule has 1 amide bonds. The number of rotatable bonds is 1. The summed E-state index contributed by atoms with van der Waals surface area (Å²) < 4.78 is 64.5. The third-order valence-electron chi connectivity index (χ3n) is 5.82. The Bertz CT molecular complexity index is 853. The first-order chi connectivity index (χ1) is 12.4. The number of carbonyl (C=O) groups excluding carboxylic acids is 1. The van der Waals surface area contributed by atoms with E-state index in [0.29, 0.717) is 36.8 Å². The van der Waals surface area contributed by atoms with Crippen molar-refractivity contribution in [3.63, 3.8) is 0 Å². The van der Waals surface area contributed by atoms with Crippen LogP contribution in [0.15, 0.2) is 18.2 Å². The quantitative estimate of drug-likeness (QED) is 0.752. The SMILES string of the molecule is CC12CCCCCS(=O)(=O)C(Cc3ccc(O)cc31)C2NC(=O)C(F)(F)F. The predicted octanol–water partition coefficient (Wildman–Crippen LogP) is 2.61. The molecule has 1 heterocycles. The van der Waals surface area contributed by atoms with Gasteiger partial charge in [-0.1, -0.05) is 25.8 Å². The van der Waals surface area contributed by atoms with E-state index in [1.807, 2.05) is 5.32 Å². The van der Waals surface area contributed by atoms with E-state index in [9.17, 15) is 31.5 Å². The molecule has 9 heteroatoms. The number of alkyl halides is 3. The third-order valence-corrected chi connectivity index (χ3v) is 8.04. The summed E-state index contributed by atoms with van der Waals surface area (Å²) in [5.41, 5.74) is 0.251. The van der Waals surface area contributed by atoms with Crippen molar-refractivity contribution >= 4 is 15.7 Å². The fourth-order valence-corrected chi connectivity index (χ4v) is 6.54. The van der Waals surface area contributed by atoms with Crippen LogP contribution in [0.25, 0.3) is 0 Å². The number of amides is 1. The first-order valence-electron chi connectivity index (χ1n) is 8.87. The molecular formula is C18H22F3NO4S. The summed E-state index contributed by atoms with van der Waals surface area (Å²) in [6, 6.07) is 3.31. The normalized spacial score (nSPS) is 30.4. The molecule has 1 aliphatic heterocycles. The molecule has 1 fully saturated rings. The van der Waals surface area contributed by atoms with E-state index in [2.05, 4.69) is 0 Å². The Balaban J connectivity index is 2.18. The van der Waals surface area contributed by atoms with Crippen molar-refractivity contribution in [2.75, 3.05) is 5.75 Å². The fraction of sp³-hybridized carbons (Fsp3) is 0.611. The summed E-state index contributed by atoms with van der Waals surface area (Å²) >= 11 is 0. The average Bonchev–Trinajstić information content (AvgIpc) is 2.58. The average molecular weight is 405 g/mol. The minimum absolute atomic E-state index is 0.0103. The van der Waals surface area contributed by atoms with Gasteiger partial charge >= 0.3 is 12.1 Å². The van der Waals surface area contributed by atoms with Crippen LogP contribution in [-0.4, -0.2) is 42.7 Å². The van der Waals surface area contributed by atoms with Gasteiger partial charge < -0.3 is 10.4 Å². The van der Waals surface area contributed by atoms with Crippen LogP contribution in [0.1, 0.15) is 43.7 Å². The lowest BCUT2D eigenvalue weighted by Gasteiger charge is -2.47. The second-order valence-electron chi connectivity index (χ2n) is 7.63. The highest BCUT2D eigenvalue weighted by Crippen LogP contribution is 2.45. The van der Waals surface area contributed by atoms with Gasteiger partial charge in [-0.05, 0) is 42.5 Å². The molecule has 27 heavy (non-hydrogen) atoms. The van der Waals surface area contributed by atoms with Gasteiger partial charge in [-0.3, -0.25) is 4.79 Å². The van der Waals surface area contributed by atoms with Crippen LogP contribution in [0.3, 0.4) is 0 Å². The highest BCUT2D eigenvalue weighted by molar-refractivity contribution is 7.92. The van der Waals surface area contributed by atoms with Crippen LogP contribution in [-0.2, 0) is 26.5 Å². The molecule has 2 bridgehead atoms. The van der Waals surface area contributed by atoms with Crippen molar-refractivity contribution in [1.82, 2.24) is 5.32 Å². The molecule has 0 saturated carbocycles. The molecule has 3 atom stereocenters. The number of sulfone groups is 1. The van der Waals surface area contributed by atoms with Crippen molar-refractivity contribution in [2.45, 2.75) is 61.9 Å². The highest BCUT2D eigenvalue weighted by atomic mass is 32.2. The number of nitrogens with one attached hydrogen (secondary N) is 1. The number of fused-ring (bicyclic) bond motifs is 4. The third kappa shape index (κ3) is 3.66. The molecule has 0 radical (unpaired) electrons. The summed E-state index contributed by atoms with van der Waals surface area (Å²) in [5.74, 6) is -2.29. The van der Waals surface area contributed by atoms with Crippen LogP contribution < -0.4 is 5.32 Å². The predicted molar refractivity (Wildman–Crippen MR) is 93.2 cm³/mol. The van der Waals surface area contributed by atoms with E-state index < -0.39 is 38.6 Å². The van der Waals surface area contributed by atoms with Crippen molar-refractivity contribution in [2.24, 2.45) is 0 Å². The molecule has 1 aliphatic carbocycles. The molecule has 1 saturated heterocycles. The lowest BCUT2D eigenvalue weighted by atomic mass is 9.65. The molecule has 3 unspecified atom stereocenters. The first-order valence-corrected chi connectivity index (χ1v) is 10.6. The second kappa shape index (κ2) is 6.68. The fourth-order valence-electron chi connectivity index (χ4n) is 4.41. The number of hydrogen-bond donors (Lipinski definition) is 2. The zero-order valence-corrected chi connectivity index (χ0v) is 15.7. The Morgan fingerprint density at radius 2 is 1.96 bits per heavy atom. The van der Waals surface area contributed by atoms with Crippen molar-refractivity contribution < 1.29 is 31.5 Å². The summed E-state index contributed by atoms with van der Waals surface area (Å²) in [6.07, 6.45) is -2.98. The van der Waals surface area contributed by atoms with Gasteiger partial charge in [-0.15, -0.1) is 0 Å². The van der Waals surface area contributed by atoms with Crippen molar-refractivity contribution in [3.8, 4) is 5.75 Å². The molecule has 1 aromatic rings. The zero-order chi connectivity index (χ0) is 20.0. The number of halogens is 3. The smallest absolute Gasteiger partial charge is 0.471 e. The van der Waals surface area contributed by atoms with E-state index >= 15 is 0 Å². The maximum atomic E-state index is 12.9. The van der Waals surface area contributed by atoms with Crippen LogP contribution in [0, 0.1) is 0 Å². The Morgan fingerprint density at radius 3 is 2.63 bits per heavy atom. The largest absolute Gasteiger partial charge is 0.508 e. The number of phenols is 1. The van der Waals surface area contributed by atoms with E-state index in [1.165, 1.54) is 12.1 Å².